The average Bonchev–Trinajstić information content (AvgIpc) is 1.63. The molecule has 0 bridgehead atoms. The van der Waals surface area contributed by atoms with Crippen LogP contribution in [0.4, 0.5) is 0 Å². The molecule has 0 saturated carbocycles. The van der Waals surface area contributed by atoms with Crippen molar-refractivity contribution in [3.63, 3.8) is 0 Å². The van der Waals surface area contributed by atoms with Crippen molar-refractivity contribution in [2.24, 2.45) is 0 Å². The van der Waals surface area contributed by atoms with Crippen molar-refractivity contribution in [3.8, 4) is 0 Å². The molecule has 1 aliphatic rings. The summed E-state index contributed by atoms with van der Waals surface area (Å²) < 4.78 is 5.28. The van der Waals surface area contributed by atoms with Gasteiger partial charge in [-0.15, -0.1) is 0 Å². The largest absolute Gasteiger partial charge is 0.311 e. The van der Waals surface area contributed by atoms with E-state index in [1.807, 2.05) is 0 Å². The molecule has 0 aliphatic carbocycles. The van der Waals surface area contributed by atoms with E-state index in [9.17, 15) is 0 Å². The predicted octanol–water partition coefficient (Wildman–Crippen LogP) is 0.643. The van der Waals surface area contributed by atoms with Gasteiger partial charge in [0.15, 0.2) is 0 Å². The van der Waals surface area contributed by atoms with E-state index in [0.717, 1.165) is 18.8 Å². The van der Waals surface area contributed by atoms with E-state index >= 15 is 0 Å². The molecule has 1 aliphatic heterocycles. The van der Waals surface area contributed by atoms with Gasteiger partial charge in [0, 0.05) is 18.8 Å². The third-order valence-corrected chi connectivity index (χ3v) is 1.71. The van der Waals surface area contributed by atoms with Crippen LogP contribution in [-0.2, 0) is 4.18 Å². The van der Waals surface area contributed by atoms with Gasteiger partial charge in [0.2, 0.25) is 0 Å². The SMILES string of the molecule is CCSOC1CNC1. The normalized spacial score (nSPS) is 20.6. The molecule has 0 aromatic heterocycles. The molecule has 0 spiro atoms. The summed E-state index contributed by atoms with van der Waals surface area (Å²) in [6.45, 7) is 4.16. The van der Waals surface area contributed by atoms with Crippen LogP contribution in [0.25, 0.3) is 0 Å². The maximum atomic E-state index is 5.28. The Labute approximate surface area is 54.2 Å². The van der Waals surface area contributed by atoms with Crippen LogP contribution >= 0.6 is 12.0 Å². The van der Waals surface area contributed by atoms with Crippen molar-refractivity contribution in [3.05, 3.63) is 0 Å². The van der Waals surface area contributed by atoms with Crippen LogP contribution in [0.1, 0.15) is 6.92 Å². The zero-order valence-electron chi connectivity index (χ0n) is 5.02. The van der Waals surface area contributed by atoms with Gasteiger partial charge in [-0.3, -0.25) is 0 Å². The summed E-state index contributed by atoms with van der Waals surface area (Å²) in [5, 5.41) is 3.13. The minimum absolute atomic E-state index is 0.486. The van der Waals surface area contributed by atoms with Gasteiger partial charge in [0.05, 0.1) is 6.10 Å². The number of nitrogens with one attached hydrogen (secondary N) is 1. The second-order valence-electron chi connectivity index (χ2n) is 1.78. The summed E-state index contributed by atoms with van der Waals surface area (Å²) in [5.41, 5.74) is 0. The fourth-order valence-corrected chi connectivity index (χ4v) is 0.959. The highest BCUT2D eigenvalue weighted by Gasteiger charge is 2.16. The van der Waals surface area contributed by atoms with E-state index in [-0.39, 0.29) is 0 Å². The first-order valence-electron chi connectivity index (χ1n) is 2.92. The van der Waals surface area contributed by atoms with Gasteiger partial charge in [-0.05, 0) is 12.0 Å². The fourth-order valence-electron chi connectivity index (χ4n) is 0.494. The Morgan fingerprint density at radius 2 is 2.50 bits per heavy atom. The number of hydrogen-bond acceptors (Lipinski definition) is 3. The van der Waals surface area contributed by atoms with Crippen LogP contribution in [0.15, 0.2) is 0 Å². The predicted molar refractivity (Wildman–Crippen MR) is 35.9 cm³/mol. The number of hydrogen-bond donors (Lipinski definition) is 1. The smallest absolute Gasteiger partial charge is 0.0970 e. The molecule has 1 heterocycles. The zero-order valence-corrected chi connectivity index (χ0v) is 5.83. The fraction of sp³-hybridized carbons (Fsp3) is 1.00. The summed E-state index contributed by atoms with van der Waals surface area (Å²) in [6.07, 6.45) is 0.486. The molecular weight excluding hydrogens is 122 g/mol. The second-order valence-corrected chi connectivity index (χ2v) is 2.79. The van der Waals surface area contributed by atoms with E-state index < -0.39 is 0 Å². The Morgan fingerprint density at radius 3 is 2.88 bits per heavy atom. The summed E-state index contributed by atoms with van der Waals surface area (Å²) in [6, 6.07) is 0. The van der Waals surface area contributed by atoms with Gasteiger partial charge in [-0.1, -0.05) is 6.92 Å². The molecule has 0 amide bonds. The lowest BCUT2D eigenvalue weighted by atomic mass is 10.2. The quantitative estimate of drug-likeness (QED) is 0.571. The highest BCUT2D eigenvalue weighted by atomic mass is 32.2. The first-order valence-corrected chi connectivity index (χ1v) is 3.83. The molecule has 48 valence electrons. The van der Waals surface area contributed by atoms with Gasteiger partial charge < -0.3 is 9.50 Å². The van der Waals surface area contributed by atoms with E-state index in [4.69, 9.17) is 4.18 Å². The molecule has 2 nitrogen and oxygen atoms in total. The lowest BCUT2D eigenvalue weighted by Gasteiger charge is -2.25. The van der Waals surface area contributed by atoms with Crippen LogP contribution in [-0.4, -0.2) is 24.9 Å². The van der Waals surface area contributed by atoms with Crippen molar-refractivity contribution in [1.82, 2.24) is 5.32 Å². The van der Waals surface area contributed by atoms with Gasteiger partial charge in [-0.2, -0.15) is 0 Å². The van der Waals surface area contributed by atoms with Crippen LogP contribution < -0.4 is 5.32 Å². The molecule has 8 heavy (non-hydrogen) atoms. The second kappa shape index (κ2) is 3.33. The zero-order chi connectivity index (χ0) is 5.82. The van der Waals surface area contributed by atoms with Crippen LogP contribution in [0.5, 0.6) is 0 Å². The summed E-state index contributed by atoms with van der Waals surface area (Å²) >= 11 is 1.55. The third kappa shape index (κ3) is 1.65. The Hall–Kier alpha value is 0.270. The highest BCUT2D eigenvalue weighted by Crippen LogP contribution is 2.08. The lowest BCUT2D eigenvalue weighted by Crippen LogP contribution is -2.47. The molecule has 1 N–H and O–H groups in total. The first kappa shape index (κ1) is 6.39. The Kier molecular flexibility index (Phi) is 2.66. The van der Waals surface area contributed by atoms with Gasteiger partial charge in [0.1, 0.15) is 0 Å². The van der Waals surface area contributed by atoms with Crippen LogP contribution in [0.2, 0.25) is 0 Å². The molecule has 1 rings (SSSR count). The van der Waals surface area contributed by atoms with Gasteiger partial charge in [0.25, 0.3) is 0 Å². The van der Waals surface area contributed by atoms with Crippen molar-refractivity contribution in [2.75, 3.05) is 18.8 Å². The average molecular weight is 133 g/mol. The summed E-state index contributed by atoms with van der Waals surface area (Å²) in [4.78, 5) is 0. The highest BCUT2D eigenvalue weighted by molar-refractivity contribution is 7.94. The van der Waals surface area contributed by atoms with E-state index in [0.29, 0.717) is 6.10 Å². The molecule has 0 radical (unpaired) electrons. The molecule has 0 aromatic rings. The molecule has 3 heteroatoms. The maximum Gasteiger partial charge on any atom is 0.0970 e. The lowest BCUT2D eigenvalue weighted by molar-refractivity contribution is 0.172. The summed E-state index contributed by atoms with van der Waals surface area (Å²) in [7, 11) is 0. The monoisotopic (exact) mass is 133 g/mol. The molecule has 0 unspecified atom stereocenters. The molecule has 1 fully saturated rings. The van der Waals surface area contributed by atoms with Crippen LogP contribution in [0.3, 0.4) is 0 Å². The van der Waals surface area contributed by atoms with E-state index in [2.05, 4.69) is 12.2 Å². The van der Waals surface area contributed by atoms with Gasteiger partial charge >= 0.3 is 0 Å². The Bertz CT molecular complexity index is 65.4. The molecule has 0 atom stereocenters. The van der Waals surface area contributed by atoms with Crippen LogP contribution in [0, 0.1) is 0 Å². The first-order chi connectivity index (χ1) is 3.93. The minimum Gasteiger partial charge on any atom is -0.311 e. The minimum atomic E-state index is 0.486. The molecule has 1 saturated heterocycles. The van der Waals surface area contributed by atoms with Crippen molar-refractivity contribution in [1.29, 1.82) is 0 Å². The van der Waals surface area contributed by atoms with E-state index in [1.54, 1.807) is 12.0 Å². The third-order valence-electron chi connectivity index (χ3n) is 1.07. The van der Waals surface area contributed by atoms with Crippen molar-refractivity contribution < 1.29 is 4.18 Å². The van der Waals surface area contributed by atoms with E-state index in [1.165, 1.54) is 0 Å². The Morgan fingerprint density at radius 1 is 1.75 bits per heavy atom. The number of rotatable bonds is 3. The Balaban J connectivity index is 1.86. The molecular formula is C5H11NOS. The maximum absolute atomic E-state index is 5.28. The summed E-state index contributed by atoms with van der Waals surface area (Å²) in [5.74, 6) is 1.05. The topological polar surface area (TPSA) is 21.3 Å². The molecule has 0 aromatic carbocycles. The standard InChI is InChI=1S/C5H11NOS/c1-2-8-7-5-3-6-4-5/h5-6H,2-4H2,1H3. The van der Waals surface area contributed by atoms with Crippen molar-refractivity contribution >= 4 is 12.0 Å². The van der Waals surface area contributed by atoms with Gasteiger partial charge in [-0.25, -0.2) is 0 Å². The van der Waals surface area contributed by atoms with Crippen molar-refractivity contribution in [2.45, 2.75) is 13.0 Å².